The predicted molar refractivity (Wildman–Crippen MR) is 88.7 cm³/mol. The van der Waals surface area contributed by atoms with Gasteiger partial charge >= 0.3 is 0 Å². The third-order valence-corrected chi connectivity index (χ3v) is 4.43. The molecular formula is C17H21NO3S. The predicted octanol–water partition coefficient (Wildman–Crippen LogP) is 3.46. The maximum atomic E-state index is 11.8. The summed E-state index contributed by atoms with van der Waals surface area (Å²) in [5, 5.41) is 4.95. The van der Waals surface area contributed by atoms with Crippen LogP contribution in [0, 0.1) is 13.8 Å². The van der Waals surface area contributed by atoms with Crippen molar-refractivity contribution in [3.8, 4) is 11.5 Å². The van der Waals surface area contributed by atoms with Crippen LogP contribution in [-0.2, 0) is 11.3 Å². The van der Waals surface area contributed by atoms with E-state index in [0.717, 1.165) is 11.3 Å². The van der Waals surface area contributed by atoms with E-state index in [1.807, 2.05) is 19.1 Å². The first-order valence-electron chi connectivity index (χ1n) is 7.26. The largest absolute Gasteiger partial charge is 0.494 e. The van der Waals surface area contributed by atoms with Gasteiger partial charge in [0, 0.05) is 11.4 Å². The second-order valence-electron chi connectivity index (χ2n) is 4.91. The number of hydrogen-bond acceptors (Lipinski definition) is 4. The Labute approximate surface area is 135 Å². The van der Waals surface area contributed by atoms with Gasteiger partial charge in [0.05, 0.1) is 6.61 Å². The molecule has 1 N–H and O–H groups in total. The molecule has 22 heavy (non-hydrogen) atoms. The zero-order chi connectivity index (χ0) is 15.9. The van der Waals surface area contributed by atoms with Crippen LogP contribution in [0.1, 0.15) is 22.9 Å². The van der Waals surface area contributed by atoms with Crippen molar-refractivity contribution in [1.82, 2.24) is 5.32 Å². The van der Waals surface area contributed by atoms with Gasteiger partial charge < -0.3 is 14.8 Å². The van der Waals surface area contributed by atoms with Crippen LogP contribution in [0.2, 0.25) is 0 Å². The first kappa shape index (κ1) is 16.4. The fraction of sp³-hybridized carbons (Fsp3) is 0.353. The van der Waals surface area contributed by atoms with Crippen molar-refractivity contribution < 1.29 is 14.3 Å². The molecule has 0 bridgehead atoms. The quantitative estimate of drug-likeness (QED) is 0.850. The molecule has 0 aliphatic rings. The lowest BCUT2D eigenvalue weighted by Crippen LogP contribution is -2.28. The van der Waals surface area contributed by atoms with E-state index in [9.17, 15) is 4.79 Å². The van der Waals surface area contributed by atoms with Crippen LogP contribution in [0.25, 0.3) is 0 Å². The zero-order valence-corrected chi connectivity index (χ0v) is 14.0. The molecule has 0 saturated heterocycles. The van der Waals surface area contributed by atoms with Crippen molar-refractivity contribution in [3.05, 3.63) is 45.6 Å². The van der Waals surface area contributed by atoms with E-state index in [-0.39, 0.29) is 12.5 Å². The van der Waals surface area contributed by atoms with Gasteiger partial charge in [-0.15, -0.1) is 11.3 Å². The highest BCUT2D eigenvalue weighted by Gasteiger charge is 2.07. The second-order valence-corrected chi connectivity index (χ2v) is 6.00. The van der Waals surface area contributed by atoms with E-state index in [2.05, 4.69) is 24.5 Å². The molecule has 0 aliphatic heterocycles. The monoisotopic (exact) mass is 319 g/mol. The number of ether oxygens (including phenoxy) is 2. The summed E-state index contributed by atoms with van der Waals surface area (Å²) in [6.07, 6.45) is 0. The number of aryl methyl sites for hydroxylation is 1. The van der Waals surface area contributed by atoms with E-state index in [0.29, 0.717) is 18.9 Å². The summed E-state index contributed by atoms with van der Waals surface area (Å²) in [5.41, 5.74) is 2.41. The van der Waals surface area contributed by atoms with Crippen LogP contribution in [0.3, 0.4) is 0 Å². The summed E-state index contributed by atoms with van der Waals surface area (Å²) in [6.45, 7) is 7.28. The normalized spacial score (nSPS) is 10.3. The van der Waals surface area contributed by atoms with Crippen molar-refractivity contribution >= 4 is 17.2 Å². The van der Waals surface area contributed by atoms with Gasteiger partial charge in [-0.1, -0.05) is 0 Å². The van der Waals surface area contributed by atoms with E-state index >= 15 is 0 Å². The zero-order valence-electron chi connectivity index (χ0n) is 13.1. The molecule has 0 fully saturated rings. The molecule has 0 aliphatic carbocycles. The minimum absolute atomic E-state index is 0.0101. The summed E-state index contributed by atoms with van der Waals surface area (Å²) in [4.78, 5) is 13.1. The van der Waals surface area contributed by atoms with Crippen molar-refractivity contribution in [2.24, 2.45) is 0 Å². The number of nitrogens with one attached hydrogen (secondary N) is 1. The maximum absolute atomic E-state index is 11.8. The summed E-state index contributed by atoms with van der Waals surface area (Å²) < 4.78 is 10.8. The fourth-order valence-electron chi connectivity index (χ4n) is 1.93. The van der Waals surface area contributed by atoms with Gasteiger partial charge in [0.25, 0.3) is 5.91 Å². The van der Waals surface area contributed by atoms with Crippen LogP contribution < -0.4 is 14.8 Å². The molecule has 4 nitrogen and oxygen atoms in total. The highest BCUT2D eigenvalue weighted by atomic mass is 32.1. The van der Waals surface area contributed by atoms with Crippen molar-refractivity contribution in [3.63, 3.8) is 0 Å². The fourth-order valence-corrected chi connectivity index (χ4v) is 2.82. The smallest absolute Gasteiger partial charge is 0.258 e. The number of carbonyl (C=O) groups is 1. The van der Waals surface area contributed by atoms with Gasteiger partial charge in [-0.25, -0.2) is 0 Å². The number of amides is 1. The minimum Gasteiger partial charge on any atom is -0.494 e. The molecule has 1 aromatic heterocycles. The lowest BCUT2D eigenvalue weighted by atomic mass is 10.2. The Bertz CT molecular complexity index is 619. The number of benzene rings is 1. The molecule has 1 heterocycles. The van der Waals surface area contributed by atoms with Gasteiger partial charge in [-0.05, 0) is 61.5 Å². The topological polar surface area (TPSA) is 47.6 Å². The SMILES string of the molecule is CCOc1ccc(OCC(=O)NCc2csc(C)c2C)cc1. The number of hydrogen-bond donors (Lipinski definition) is 1. The Morgan fingerprint density at radius 2 is 1.77 bits per heavy atom. The second kappa shape index (κ2) is 7.84. The van der Waals surface area contributed by atoms with Gasteiger partial charge in [-0.2, -0.15) is 0 Å². The summed E-state index contributed by atoms with van der Waals surface area (Å²) in [5.74, 6) is 1.32. The maximum Gasteiger partial charge on any atom is 0.258 e. The van der Waals surface area contributed by atoms with Crippen LogP contribution in [0.5, 0.6) is 11.5 Å². The Kier molecular flexibility index (Phi) is 5.83. The molecule has 2 rings (SSSR count). The van der Waals surface area contributed by atoms with E-state index in [1.165, 1.54) is 10.4 Å². The lowest BCUT2D eigenvalue weighted by Gasteiger charge is -2.08. The highest BCUT2D eigenvalue weighted by Crippen LogP contribution is 2.20. The lowest BCUT2D eigenvalue weighted by molar-refractivity contribution is -0.123. The number of rotatable bonds is 7. The van der Waals surface area contributed by atoms with Gasteiger partial charge in [0.2, 0.25) is 0 Å². The Hall–Kier alpha value is -2.01. The molecule has 0 atom stereocenters. The van der Waals surface area contributed by atoms with Gasteiger partial charge in [-0.3, -0.25) is 4.79 Å². The summed E-state index contributed by atoms with van der Waals surface area (Å²) in [7, 11) is 0. The number of carbonyl (C=O) groups excluding carboxylic acids is 1. The van der Waals surface area contributed by atoms with E-state index < -0.39 is 0 Å². The molecule has 1 amide bonds. The molecule has 1 aromatic carbocycles. The first-order valence-corrected chi connectivity index (χ1v) is 8.14. The van der Waals surface area contributed by atoms with Gasteiger partial charge in [0.15, 0.2) is 6.61 Å². The molecule has 118 valence electrons. The van der Waals surface area contributed by atoms with Crippen molar-refractivity contribution in [2.75, 3.05) is 13.2 Å². The van der Waals surface area contributed by atoms with Crippen molar-refractivity contribution in [2.45, 2.75) is 27.3 Å². The number of thiophene rings is 1. The molecule has 0 saturated carbocycles. The summed E-state index contributed by atoms with van der Waals surface area (Å²) in [6, 6.07) is 7.25. The molecule has 5 heteroatoms. The first-order chi connectivity index (χ1) is 10.6. The Balaban J connectivity index is 1.76. The third-order valence-electron chi connectivity index (χ3n) is 3.37. The van der Waals surface area contributed by atoms with Crippen LogP contribution in [0.15, 0.2) is 29.6 Å². The standard InChI is InChI=1S/C17H21NO3S/c1-4-20-15-5-7-16(8-6-15)21-10-17(19)18-9-14-11-22-13(3)12(14)2/h5-8,11H,4,9-10H2,1-3H3,(H,18,19). The van der Waals surface area contributed by atoms with E-state index in [4.69, 9.17) is 9.47 Å². The Morgan fingerprint density at radius 3 is 2.32 bits per heavy atom. The molecule has 0 radical (unpaired) electrons. The van der Waals surface area contributed by atoms with E-state index in [1.54, 1.807) is 23.5 Å². The van der Waals surface area contributed by atoms with Crippen LogP contribution in [-0.4, -0.2) is 19.1 Å². The molecule has 0 spiro atoms. The third kappa shape index (κ3) is 4.49. The minimum atomic E-state index is -0.128. The molecule has 2 aromatic rings. The average Bonchev–Trinajstić information content (AvgIpc) is 2.84. The highest BCUT2D eigenvalue weighted by molar-refractivity contribution is 7.10. The molecular weight excluding hydrogens is 298 g/mol. The van der Waals surface area contributed by atoms with Gasteiger partial charge in [0.1, 0.15) is 11.5 Å². The summed E-state index contributed by atoms with van der Waals surface area (Å²) >= 11 is 1.70. The van der Waals surface area contributed by atoms with Crippen molar-refractivity contribution in [1.29, 1.82) is 0 Å². The molecule has 0 unspecified atom stereocenters. The van der Waals surface area contributed by atoms with Crippen LogP contribution in [0.4, 0.5) is 0 Å². The van der Waals surface area contributed by atoms with Crippen LogP contribution >= 0.6 is 11.3 Å². The Morgan fingerprint density at radius 1 is 1.14 bits per heavy atom. The average molecular weight is 319 g/mol.